The lowest BCUT2D eigenvalue weighted by molar-refractivity contribution is -0.858. The SMILES string of the molecule is C[NH+](C)CCCOc1nn(Cc2ccc(F)cc2)c2ccccc12.O=C([O-])/C=C\C(=O)O. The number of hydrogen-bond donors (Lipinski definition) is 2. The van der Waals surface area contributed by atoms with Gasteiger partial charge in [-0.25, -0.2) is 9.18 Å². The molecule has 2 aromatic carbocycles. The summed E-state index contributed by atoms with van der Waals surface area (Å²) >= 11 is 0. The smallest absolute Gasteiger partial charge is 0.328 e. The van der Waals surface area contributed by atoms with Crippen LogP contribution in [-0.4, -0.2) is 54.1 Å². The Hall–Kier alpha value is -3.72. The summed E-state index contributed by atoms with van der Waals surface area (Å²) in [4.78, 5) is 20.4. The van der Waals surface area contributed by atoms with Gasteiger partial charge < -0.3 is 24.6 Å². The molecule has 3 aromatic rings. The van der Waals surface area contributed by atoms with Crippen molar-refractivity contribution in [3.63, 3.8) is 0 Å². The molecule has 0 spiro atoms. The number of carbonyl (C=O) groups is 2. The lowest BCUT2D eigenvalue weighted by atomic mass is 10.2. The summed E-state index contributed by atoms with van der Waals surface area (Å²) in [6.07, 6.45) is 1.93. The van der Waals surface area contributed by atoms with Gasteiger partial charge in [-0.2, -0.15) is 0 Å². The number of quaternary nitrogens is 1. The molecule has 0 saturated carbocycles. The van der Waals surface area contributed by atoms with E-state index in [-0.39, 0.29) is 5.82 Å². The van der Waals surface area contributed by atoms with Crippen molar-refractivity contribution in [3.05, 3.63) is 72.1 Å². The first kappa shape index (κ1) is 24.5. The molecule has 0 saturated heterocycles. The summed E-state index contributed by atoms with van der Waals surface area (Å²) in [6.45, 7) is 2.31. The number of carbonyl (C=O) groups excluding carboxylic acids is 1. The molecular weight excluding hydrogens is 417 g/mol. The molecule has 0 bridgehead atoms. The van der Waals surface area contributed by atoms with E-state index in [1.807, 2.05) is 28.9 Å². The third-order valence-corrected chi connectivity index (χ3v) is 4.29. The van der Waals surface area contributed by atoms with Gasteiger partial charge in [0.05, 0.1) is 50.7 Å². The molecule has 32 heavy (non-hydrogen) atoms. The highest BCUT2D eigenvalue weighted by atomic mass is 19.1. The van der Waals surface area contributed by atoms with E-state index < -0.39 is 11.9 Å². The highest BCUT2D eigenvalue weighted by Crippen LogP contribution is 2.25. The summed E-state index contributed by atoms with van der Waals surface area (Å²) in [5.41, 5.74) is 2.03. The highest BCUT2D eigenvalue weighted by molar-refractivity contribution is 5.88. The minimum absolute atomic E-state index is 0.226. The van der Waals surface area contributed by atoms with Crippen LogP contribution in [-0.2, 0) is 16.1 Å². The predicted octanol–water partition coefficient (Wildman–Crippen LogP) is 0.514. The van der Waals surface area contributed by atoms with Crippen molar-refractivity contribution >= 4 is 22.8 Å². The molecule has 0 amide bonds. The van der Waals surface area contributed by atoms with Gasteiger partial charge in [0.25, 0.3) is 0 Å². The Balaban J connectivity index is 0.000000390. The molecule has 8 nitrogen and oxygen atoms in total. The van der Waals surface area contributed by atoms with E-state index >= 15 is 0 Å². The van der Waals surface area contributed by atoms with Gasteiger partial charge >= 0.3 is 5.97 Å². The zero-order chi connectivity index (χ0) is 23.5. The van der Waals surface area contributed by atoms with Gasteiger partial charge in [-0.1, -0.05) is 24.3 Å². The fraction of sp³-hybridized carbons (Fsp3) is 0.261. The van der Waals surface area contributed by atoms with Crippen LogP contribution in [0.1, 0.15) is 12.0 Å². The summed E-state index contributed by atoms with van der Waals surface area (Å²) in [6, 6.07) is 14.6. The van der Waals surface area contributed by atoms with E-state index in [2.05, 4.69) is 19.2 Å². The van der Waals surface area contributed by atoms with Gasteiger partial charge in [-0.3, -0.25) is 4.68 Å². The number of fused-ring (bicyclic) bond motifs is 1. The molecule has 170 valence electrons. The molecule has 0 aliphatic heterocycles. The summed E-state index contributed by atoms with van der Waals surface area (Å²) < 4.78 is 20.9. The number of hydrogen-bond acceptors (Lipinski definition) is 5. The largest absolute Gasteiger partial charge is 0.545 e. The maximum Gasteiger partial charge on any atom is 0.328 e. The number of benzene rings is 2. The number of aliphatic carboxylic acids is 2. The molecule has 0 aliphatic carbocycles. The second-order valence-corrected chi connectivity index (χ2v) is 7.26. The topological polar surface area (TPSA) is 109 Å². The monoisotopic (exact) mass is 443 g/mol. The average molecular weight is 443 g/mol. The van der Waals surface area contributed by atoms with Crippen molar-refractivity contribution in [2.45, 2.75) is 13.0 Å². The normalized spacial score (nSPS) is 10.9. The van der Waals surface area contributed by atoms with Crippen LogP contribution in [0.2, 0.25) is 0 Å². The summed E-state index contributed by atoms with van der Waals surface area (Å²) in [5.74, 6) is -2.36. The van der Waals surface area contributed by atoms with Crippen LogP contribution >= 0.6 is 0 Å². The minimum atomic E-state index is -1.51. The first-order valence-electron chi connectivity index (χ1n) is 10.00. The lowest BCUT2D eigenvalue weighted by Crippen LogP contribution is -3.05. The van der Waals surface area contributed by atoms with Crippen LogP contribution in [0.3, 0.4) is 0 Å². The molecule has 0 atom stereocenters. The van der Waals surface area contributed by atoms with E-state index in [4.69, 9.17) is 9.84 Å². The molecule has 0 aliphatic rings. The maximum absolute atomic E-state index is 13.1. The lowest BCUT2D eigenvalue weighted by Gasteiger charge is -2.07. The van der Waals surface area contributed by atoms with E-state index in [9.17, 15) is 19.1 Å². The molecule has 0 unspecified atom stereocenters. The number of nitrogens with one attached hydrogen (secondary N) is 1. The molecular formula is C23H26FN3O5. The fourth-order valence-corrected chi connectivity index (χ4v) is 2.82. The third-order valence-electron chi connectivity index (χ3n) is 4.29. The quantitative estimate of drug-likeness (QED) is 0.369. The van der Waals surface area contributed by atoms with E-state index in [1.54, 1.807) is 12.1 Å². The second-order valence-electron chi connectivity index (χ2n) is 7.26. The van der Waals surface area contributed by atoms with Crippen LogP contribution in [0.4, 0.5) is 4.39 Å². The molecule has 0 fully saturated rings. The third kappa shape index (κ3) is 8.19. The van der Waals surface area contributed by atoms with Gasteiger partial charge in [0.1, 0.15) is 5.82 Å². The predicted molar refractivity (Wildman–Crippen MR) is 115 cm³/mol. The van der Waals surface area contributed by atoms with Gasteiger partial charge in [0.2, 0.25) is 5.88 Å². The minimum Gasteiger partial charge on any atom is -0.545 e. The van der Waals surface area contributed by atoms with E-state index in [0.29, 0.717) is 31.2 Å². The van der Waals surface area contributed by atoms with Crippen molar-refractivity contribution in [1.82, 2.24) is 9.78 Å². The molecule has 2 N–H and O–H groups in total. The summed E-state index contributed by atoms with van der Waals surface area (Å²) in [5, 5.41) is 22.9. The van der Waals surface area contributed by atoms with Gasteiger partial charge in [-0.15, -0.1) is 5.10 Å². The number of aromatic nitrogens is 2. The number of rotatable bonds is 9. The van der Waals surface area contributed by atoms with E-state index in [1.165, 1.54) is 17.0 Å². The van der Waals surface area contributed by atoms with Crippen molar-refractivity contribution in [3.8, 4) is 5.88 Å². The first-order valence-corrected chi connectivity index (χ1v) is 10.00. The van der Waals surface area contributed by atoms with Crippen LogP contribution in [0.25, 0.3) is 10.9 Å². The second kappa shape index (κ2) is 12.2. The number of para-hydroxylation sites is 1. The maximum atomic E-state index is 13.1. The standard InChI is InChI=1S/C19H22FN3O.C4H4O4/c1-22(2)12-5-13-24-19-17-6-3-4-7-18(17)23(21-19)14-15-8-10-16(20)11-9-15;5-3(6)1-2-4(7)8/h3-4,6-11H,5,12-14H2,1-2H3;1-2H,(H,5,6)(H,7,8)/b;2-1-. The number of ether oxygens (including phenoxy) is 1. The number of carboxylic acids is 2. The van der Waals surface area contributed by atoms with Crippen molar-refractivity contribution in [2.24, 2.45) is 0 Å². The average Bonchev–Trinajstić information content (AvgIpc) is 3.09. The number of halogens is 1. The Kier molecular flexibility index (Phi) is 9.37. The van der Waals surface area contributed by atoms with Crippen LogP contribution < -0.4 is 14.7 Å². The fourth-order valence-electron chi connectivity index (χ4n) is 2.82. The zero-order valence-electron chi connectivity index (χ0n) is 18.0. The van der Waals surface area contributed by atoms with Gasteiger partial charge in [-0.05, 0) is 35.9 Å². The summed E-state index contributed by atoms with van der Waals surface area (Å²) in [7, 11) is 4.26. The Morgan fingerprint density at radius 1 is 1.16 bits per heavy atom. The highest BCUT2D eigenvalue weighted by Gasteiger charge is 2.11. The van der Waals surface area contributed by atoms with E-state index in [0.717, 1.165) is 29.4 Å². The Morgan fingerprint density at radius 3 is 2.44 bits per heavy atom. The number of nitrogens with zero attached hydrogens (tertiary/aromatic N) is 2. The van der Waals surface area contributed by atoms with Gasteiger partial charge in [0.15, 0.2) is 0 Å². The first-order chi connectivity index (χ1) is 15.3. The Morgan fingerprint density at radius 2 is 1.84 bits per heavy atom. The molecule has 3 rings (SSSR count). The Bertz CT molecular complexity index is 1050. The molecule has 0 radical (unpaired) electrons. The zero-order valence-corrected chi connectivity index (χ0v) is 18.0. The molecule has 1 heterocycles. The Labute approximate surface area is 185 Å². The van der Waals surface area contributed by atoms with Crippen LogP contribution in [0, 0.1) is 5.82 Å². The van der Waals surface area contributed by atoms with Crippen LogP contribution in [0.15, 0.2) is 60.7 Å². The number of carboxylic acid groups (broad SMARTS) is 2. The van der Waals surface area contributed by atoms with Crippen LogP contribution in [0.5, 0.6) is 5.88 Å². The molecule has 1 aromatic heterocycles. The van der Waals surface area contributed by atoms with Crippen molar-refractivity contribution in [2.75, 3.05) is 27.2 Å². The molecule has 9 heteroatoms. The van der Waals surface area contributed by atoms with Gasteiger partial charge in [0, 0.05) is 12.5 Å². The van der Waals surface area contributed by atoms with Crippen molar-refractivity contribution < 1.29 is 33.8 Å². The van der Waals surface area contributed by atoms with Crippen molar-refractivity contribution in [1.29, 1.82) is 0 Å².